The summed E-state index contributed by atoms with van der Waals surface area (Å²) < 4.78 is 0. The zero-order valence-electron chi connectivity index (χ0n) is 24.4. The largest absolute Gasteiger partial charge is 0.336 e. The number of fused-ring (bicyclic) bond motifs is 1. The van der Waals surface area contributed by atoms with Crippen molar-refractivity contribution in [3.8, 4) is 0 Å². The predicted molar refractivity (Wildman–Crippen MR) is 163 cm³/mol. The van der Waals surface area contributed by atoms with E-state index in [0.29, 0.717) is 36.1 Å². The highest BCUT2D eigenvalue weighted by Gasteiger charge is 2.41. The van der Waals surface area contributed by atoms with Crippen molar-refractivity contribution in [1.82, 2.24) is 20.0 Å². The number of benzene rings is 2. The number of carbonyl (C=O) groups is 4. The Morgan fingerprint density at radius 3 is 2.42 bits per heavy atom. The molecule has 2 aromatic carbocycles. The molecule has 9 heteroatoms. The molecule has 4 amide bonds. The van der Waals surface area contributed by atoms with Crippen LogP contribution in [0.2, 0.25) is 5.02 Å². The zero-order valence-corrected chi connectivity index (χ0v) is 25.1. The summed E-state index contributed by atoms with van der Waals surface area (Å²) in [5.74, 6) is -0.994. The molecule has 43 heavy (non-hydrogen) atoms. The summed E-state index contributed by atoms with van der Waals surface area (Å²) in [6, 6.07) is 12.9. The van der Waals surface area contributed by atoms with Crippen molar-refractivity contribution >= 4 is 40.8 Å². The lowest BCUT2D eigenvalue weighted by atomic mass is 9.59. The molecule has 1 saturated carbocycles. The third-order valence-electron chi connectivity index (χ3n) is 10.4. The van der Waals surface area contributed by atoms with Crippen LogP contribution in [-0.2, 0) is 16.1 Å². The molecule has 7 rings (SSSR count). The summed E-state index contributed by atoms with van der Waals surface area (Å²) in [5, 5.41) is 3.10. The average molecular weight is 601 g/mol. The number of nitrogens with one attached hydrogen (secondary N) is 1. The predicted octanol–water partition coefficient (Wildman–Crippen LogP) is 4.67. The molecule has 1 unspecified atom stereocenters. The van der Waals surface area contributed by atoms with Crippen molar-refractivity contribution in [1.29, 1.82) is 0 Å². The Morgan fingerprint density at radius 1 is 0.953 bits per heavy atom. The summed E-state index contributed by atoms with van der Waals surface area (Å²) in [6.45, 7) is 4.16. The number of hydrogen-bond acceptors (Lipinski definition) is 5. The van der Waals surface area contributed by atoms with E-state index in [-0.39, 0.29) is 30.7 Å². The van der Waals surface area contributed by atoms with E-state index in [0.717, 1.165) is 43.1 Å². The van der Waals surface area contributed by atoms with Gasteiger partial charge < -0.3 is 9.80 Å². The normalized spacial score (nSPS) is 23.8. The Morgan fingerprint density at radius 2 is 1.72 bits per heavy atom. The quantitative estimate of drug-likeness (QED) is 0.504. The van der Waals surface area contributed by atoms with Crippen LogP contribution in [0, 0.1) is 5.41 Å². The molecular weight excluding hydrogens is 564 g/mol. The van der Waals surface area contributed by atoms with Crippen molar-refractivity contribution < 1.29 is 19.2 Å². The Kier molecular flexibility index (Phi) is 7.38. The number of allylic oxidation sites excluding steroid dienone is 1. The highest BCUT2D eigenvalue weighted by Crippen LogP contribution is 2.55. The molecule has 0 aromatic heterocycles. The highest BCUT2D eigenvalue weighted by molar-refractivity contribution is 6.30. The number of rotatable bonds is 5. The van der Waals surface area contributed by atoms with Gasteiger partial charge in [-0.15, -0.1) is 0 Å². The summed E-state index contributed by atoms with van der Waals surface area (Å²) >= 11 is 6.20. The topological polar surface area (TPSA) is 90.0 Å². The Balaban J connectivity index is 0.999. The number of hydrogen-bond donors (Lipinski definition) is 1. The maximum Gasteiger partial charge on any atom is 0.255 e. The number of carbonyl (C=O) groups excluding carboxylic acids is 4. The number of imide groups is 1. The van der Waals surface area contributed by atoms with E-state index in [9.17, 15) is 19.2 Å². The van der Waals surface area contributed by atoms with Gasteiger partial charge in [0.05, 0.1) is 0 Å². The molecule has 1 N–H and O–H groups in total. The summed E-state index contributed by atoms with van der Waals surface area (Å²) in [4.78, 5) is 56.4. The monoisotopic (exact) mass is 600 g/mol. The fourth-order valence-corrected chi connectivity index (χ4v) is 7.79. The van der Waals surface area contributed by atoms with E-state index in [1.54, 1.807) is 18.2 Å². The van der Waals surface area contributed by atoms with Crippen LogP contribution in [-0.4, -0.2) is 77.1 Å². The van der Waals surface area contributed by atoms with Crippen LogP contribution in [0.4, 0.5) is 0 Å². The van der Waals surface area contributed by atoms with Gasteiger partial charge in [0.15, 0.2) is 0 Å². The minimum Gasteiger partial charge on any atom is -0.336 e. The van der Waals surface area contributed by atoms with Crippen LogP contribution in [0.3, 0.4) is 0 Å². The molecule has 0 radical (unpaired) electrons. The van der Waals surface area contributed by atoms with Gasteiger partial charge in [-0.3, -0.25) is 29.4 Å². The number of amides is 4. The molecule has 2 saturated heterocycles. The molecule has 1 atom stereocenters. The average Bonchev–Trinajstić information content (AvgIpc) is 3.32. The van der Waals surface area contributed by atoms with Crippen LogP contribution >= 0.6 is 11.6 Å². The van der Waals surface area contributed by atoms with E-state index in [1.807, 2.05) is 17.0 Å². The van der Waals surface area contributed by atoms with Crippen molar-refractivity contribution in [3.63, 3.8) is 0 Å². The molecule has 1 spiro atoms. The van der Waals surface area contributed by atoms with Crippen LogP contribution in [0.5, 0.6) is 0 Å². The standard InChI is InChI=1S/C34H37ClN4O4/c35-26-5-2-22(3-6-26)28-19-34(11-1-12-34)13-10-24(28)20-37-14-16-38(17-15-37)32(42)23-4-7-27-25(18-23)21-39(33(27)43)29-8-9-30(40)36-31(29)41/h2-7,18,29H,1,8-17,19-21H2,(H,36,40,41). The lowest BCUT2D eigenvalue weighted by molar-refractivity contribution is -0.136. The van der Waals surface area contributed by atoms with Gasteiger partial charge in [-0.25, -0.2) is 0 Å². The van der Waals surface area contributed by atoms with Gasteiger partial charge in [-0.2, -0.15) is 0 Å². The number of piperidine rings is 1. The lowest BCUT2D eigenvalue weighted by Gasteiger charge is -2.47. The molecule has 5 aliphatic rings. The first-order valence-corrected chi connectivity index (χ1v) is 15.9. The number of nitrogens with zero attached hydrogens (tertiary/aromatic N) is 3. The zero-order chi connectivity index (χ0) is 29.7. The second-order valence-electron chi connectivity index (χ2n) is 13.0. The molecule has 224 valence electrons. The molecule has 2 aromatic rings. The van der Waals surface area contributed by atoms with Crippen molar-refractivity contribution in [2.75, 3.05) is 32.7 Å². The van der Waals surface area contributed by atoms with Crippen molar-refractivity contribution in [2.24, 2.45) is 5.41 Å². The first kappa shape index (κ1) is 28.3. The van der Waals surface area contributed by atoms with E-state index in [4.69, 9.17) is 11.6 Å². The van der Waals surface area contributed by atoms with E-state index in [2.05, 4.69) is 22.3 Å². The van der Waals surface area contributed by atoms with Gasteiger partial charge in [0.1, 0.15) is 6.04 Å². The summed E-state index contributed by atoms with van der Waals surface area (Å²) in [6.07, 6.45) is 8.13. The van der Waals surface area contributed by atoms with Gasteiger partial charge in [-0.05, 0) is 91.0 Å². The fourth-order valence-electron chi connectivity index (χ4n) is 7.66. The summed E-state index contributed by atoms with van der Waals surface area (Å²) in [7, 11) is 0. The lowest BCUT2D eigenvalue weighted by Crippen LogP contribution is -2.52. The minimum atomic E-state index is -0.663. The number of piperazine rings is 1. The van der Waals surface area contributed by atoms with Crippen LogP contribution in [0.25, 0.3) is 5.57 Å². The molecule has 0 bridgehead atoms. The van der Waals surface area contributed by atoms with Crippen LogP contribution in [0.15, 0.2) is 48.0 Å². The molecular formula is C34H37ClN4O4. The molecule has 2 aliphatic carbocycles. The van der Waals surface area contributed by atoms with Crippen molar-refractivity contribution in [3.05, 3.63) is 75.3 Å². The molecule has 3 aliphatic heterocycles. The van der Waals surface area contributed by atoms with Crippen LogP contribution in [0.1, 0.15) is 83.2 Å². The Labute approximate surface area is 257 Å². The smallest absolute Gasteiger partial charge is 0.255 e. The van der Waals surface area contributed by atoms with Gasteiger partial charge in [0, 0.05) is 61.8 Å². The fraction of sp³-hybridized carbons (Fsp3) is 0.471. The minimum absolute atomic E-state index is 0.0278. The summed E-state index contributed by atoms with van der Waals surface area (Å²) in [5.41, 5.74) is 6.66. The highest BCUT2D eigenvalue weighted by atomic mass is 35.5. The molecule has 3 fully saturated rings. The Bertz CT molecular complexity index is 1520. The second kappa shape index (κ2) is 11.2. The van der Waals surface area contributed by atoms with Gasteiger partial charge in [0.25, 0.3) is 11.8 Å². The van der Waals surface area contributed by atoms with E-state index < -0.39 is 11.9 Å². The van der Waals surface area contributed by atoms with Crippen LogP contribution < -0.4 is 5.32 Å². The Hall–Kier alpha value is -3.49. The third kappa shape index (κ3) is 5.40. The number of halogens is 1. The van der Waals surface area contributed by atoms with Gasteiger partial charge >= 0.3 is 0 Å². The van der Waals surface area contributed by atoms with Gasteiger partial charge in [-0.1, -0.05) is 35.7 Å². The maximum atomic E-state index is 13.5. The molecule has 8 nitrogen and oxygen atoms in total. The first-order chi connectivity index (χ1) is 20.8. The van der Waals surface area contributed by atoms with Gasteiger partial charge in [0.2, 0.25) is 11.8 Å². The first-order valence-electron chi connectivity index (χ1n) is 15.5. The van der Waals surface area contributed by atoms with E-state index in [1.165, 1.54) is 47.3 Å². The van der Waals surface area contributed by atoms with Crippen molar-refractivity contribution in [2.45, 2.75) is 64.0 Å². The SMILES string of the molecule is O=C1CCC(N2Cc3cc(C(=O)N4CCN(CC5=C(c6ccc(Cl)cc6)CC6(CCC6)CC5)CC4)ccc3C2=O)C(=O)N1. The maximum absolute atomic E-state index is 13.5. The molecule has 3 heterocycles. The second-order valence-corrected chi connectivity index (χ2v) is 13.4. The third-order valence-corrected chi connectivity index (χ3v) is 10.6. The van der Waals surface area contributed by atoms with E-state index >= 15 is 0 Å².